The molecule has 0 saturated carbocycles. The van der Waals surface area contributed by atoms with Gasteiger partial charge in [-0.25, -0.2) is 9.59 Å². The van der Waals surface area contributed by atoms with Crippen LogP contribution in [-0.2, 0) is 38.1 Å². The third-order valence-corrected chi connectivity index (χ3v) is 4.52. The number of carbonyl (C=O) groups is 4. The van der Waals surface area contributed by atoms with Crippen LogP contribution in [0.1, 0.15) is 34.1 Å². The van der Waals surface area contributed by atoms with E-state index in [2.05, 4.69) is 0 Å². The first-order chi connectivity index (χ1) is 12.0. The molecule has 0 amide bonds. The Kier molecular flexibility index (Phi) is 4.98. The van der Waals surface area contributed by atoms with E-state index < -0.39 is 40.8 Å². The first-order valence-corrected chi connectivity index (χ1v) is 8.01. The molecule has 26 heavy (non-hydrogen) atoms. The van der Waals surface area contributed by atoms with E-state index in [4.69, 9.17) is 18.9 Å². The number of methoxy groups -OCH3 is 2. The molecule has 0 aromatic carbocycles. The molecule has 0 fully saturated rings. The largest absolute Gasteiger partial charge is 0.466 e. The van der Waals surface area contributed by atoms with Crippen molar-refractivity contribution >= 4 is 23.9 Å². The van der Waals surface area contributed by atoms with Crippen molar-refractivity contribution in [1.29, 1.82) is 0 Å². The lowest BCUT2D eigenvalue weighted by molar-refractivity contribution is -0.160. The lowest BCUT2D eigenvalue weighted by Crippen LogP contribution is -2.55. The van der Waals surface area contributed by atoms with E-state index >= 15 is 0 Å². The SMILES string of the molecule is COC(=O)C1=C(C(=O)OC)[C@]2(OC(C)=O)C=C(OC(C)=O)[C@@H]1C(C)(C)C2. The summed E-state index contributed by atoms with van der Waals surface area (Å²) in [5, 5.41) is 0. The second kappa shape index (κ2) is 6.59. The van der Waals surface area contributed by atoms with Crippen LogP contribution in [0.4, 0.5) is 0 Å². The zero-order chi connectivity index (χ0) is 19.9. The number of carbonyl (C=O) groups excluding carboxylic acids is 4. The Hall–Kier alpha value is -2.64. The van der Waals surface area contributed by atoms with Crippen LogP contribution in [0.5, 0.6) is 0 Å². The Morgan fingerprint density at radius 3 is 2.04 bits per heavy atom. The predicted octanol–water partition coefficient (Wildman–Crippen LogP) is 1.44. The summed E-state index contributed by atoms with van der Waals surface area (Å²) in [6.45, 7) is 6.05. The van der Waals surface area contributed by atoms with Gasteiger partial charge in [-0.15, -0.1) is 0 Å². The molecule has 0 aromatic heterocycles. The molecule has 3 rings (SSSR count). The van der Waals surface area contributed by atoms with Crippen LogP contribution in [0.3, 0.4) is 0 Å². The average molecular weight is 366 g/mol. The van der Waals surface area contributed by atoms with Gasteiger partial charge < -0.3 is 18.9 Å². The highest BCUT2D eigenvalue weighted by atomic mass is 16.6. The van der Waals surface area contributed by atoms with Crippen LogP contribution in [0.2, 0.25) is 0 Å². The van der Waals surface area contributed by atoms with Gasteiger partial charge in [-0.1, -0.05) is 13.8 Å². The zero-order valence-corrected chi connectivity index (χ0v) is 15.6. The molecule has 0 unspecified atom stereocenters. The van der Waals surface area contributed by atoms with Crippen LogP contribution >= 0.6 is 0 Å². The lowest BCUT2D eigenvalue weighted by atomic mass is 9.55. The topological polar surface area (TPSA) is 105 Å². The molecular formula is C18H22O8. The highest BCUT2D eigenvalue weighted by molar-refractivity contribution is 6.04. The summed E-state index contributed by atoms with van der Waals surface area (Å²) in [5.41, 5.74) is -2.40. The third kappa shape index (κ3) is 3.11. The summed E-state index contributed by atoms with van der Waals surface area (Å²) in [6, 6.07) is 0. The van der Waals surface area contributed by atoms with Crippen molar-refractivity contribution in [2.75, 3.05) is 14.2 Å². The standard InChI is InChI=1S/C18H22O8/c1-9(19)25-11-7-18(26-10(2)20)8-17(3,4)13(11)12(15(21)23-5)14(18)16(22)24-6/h7,13H,8H2,1-6H3/t13-,18-/m0/s1. The van der Waals surface area contributed by atoms with Gasteiger partial charge in [0.25, 0.3) is 0 Å². The normalized spacial score (nSPS) is 25.9. The molecule has 3 aliphatic rings. The van der Waals surface area contributed by atoms with Crippen molar-refractivity contribution in [2.45, 2.75) is 39.7 Å². The second-order valence-electron chi connectivity index (χ2n) is 6.99. The van der Waals surface area contributed by atoms with Crippen LogP contribution in [0.15, 0.2) is 23.0 Å². The first kappa shape index (κ1) is 19.7. The Morgan fingerprint density at radius 1 is 1.00 bits per heavy atom. The molecule has 0 aromatic rings. The van der Waals surface area contributed by atoms with Gasteiger partial charge >= 0.3 is 23.9 Å². The molecule has 0 N–H and O–H groups in total. The van der Waals surface area contributed by atoms with Crippen LogP contribution < -0.4 is 0 Å². The second-order valence-corrected chi connectivity index (χ2v) is 6.99. The maximum atomic E-state index is 12.5. The van der Waals surface area contributed by atoms with Crippen LogP contribution in [0.25, 0.3) is 0 Å². The Labute approximate surface area is 151 Å². The summed E-state index contributed by atoms with van der Waals surface area (Å²) >= 11 is 0. The van der Waals surface area contributed by atoms with Crippen molar-refractivity contribution < 1.29 is 38.1 Å². The molecule has 2 atom stereocenters. The Balaban J connectivity index is 2.84. The molecule has 142 valence electrons. The van der Waals surface area contributed by atoms with E-state index in [-0.39, 0.29) is 23.3 Å². The lowest BCUT2D eigenvalue weighted by Gasteiger charge is -2.52. The van der Waals surface area contributed by atoms with E-state index in [0.717, 1.165) is 7.11 Å². The molecule has 0 aliphatic heterocycles. The monoisotopic (exact) mass is 366 g/mol. The maximum absolute atomic E-state index is 12.5. The van der Waals surface area contributed by atoms with E-state index in [0.29, 0.717) is 0 Å². The molecule has 0 radical (unpaired) electrons. The van der Waals surface area contributed by atoms with Gasteiger partial charge in [0.1, 0.15) is 5.76 Å². The van der Waals surface area contributed by atoms with Crippen molar-refractivity contribution in [3.63, 3.8) is 0 Å². The van der Waals surface area contributed by atoms with Crippen molar-refractivity contribution in [1.82, 2.24) is 0 Å². The number of hydrogen-bond donors (Lipinski definition) is 0. The number of allylic oxidation sites excluding steroid dienone is 1. The van der Waals surface area contributed by atoms with Gasteiger partial charge in [0.2, 0.25) is 0 Å². The van der Waals surface area contributed by atoms with Gasteiger partial charge in [0.15, 0.2) is 5.60 Å². The van der Waals surface area contributed by atoms with Gasteiger partial charge in [-0.05, 0) is 5.41 Å². The van der Waals surface area contributed by atoms with E-state index in [1.54, 1.807) is 0 Å². The molecule has 0 heterocycles. The minimum atomic E-state index is -1.59. The fourth-order valence-corrected chi connectivity index (χ4v) is 3.94. The highest BCUT2D eigenvalue weighted by Crippen LogP contribution is 2.58. The summed E-state index contributed by atoms with van der Waals surface area (Å²) in [5.74, 6) is -3.44. The number of hydrogen-bond acceptors (Lipinski definition) is 8. The minimum Gasteiger partial charge on any atom is -0.466 e. The summed E-state index contributed by atoms with van der Waals surface area (Å²) in [4.78, 5) is 48.4. The minimum absolute atomic E-state index is 0.0319. The zero-order valence-electron chi connectivity index (χ0n) is 15.6. The molecule has 2 bridgehead atoms. The fraction of sp³-hybridized carbons (Fsp3) is 0.556. The summed E-state index contributed by atoms with van der Waals surface area (Å²) in [7, 11) is 2.34. The molecule has 0 saturated heterocycles. The van der Waals surface area contributed by atoms with Crippen LogP contribution in [-0.4, -0.2) is 43.7 Å². The van der Waals surface area contributed by atoms with Crippen molar-refractivity contribution in [2.24, 2.45) is 11.3 Å². The Morgan fingerprint density at radius 2 is 1.58 bits per heavy atom. The number of fused-ring (bicyclic) bond motifs is 1. The maximum Gasteiger partial charge on any atom is 0.338 e. The Bertz CT molecular complexity index is 742. The molecule has 0 spiro atoms. The average Bonchev–Trinajstić information content (AvgIpc) is 2.49. The van der Waals surface area contributed by atoms with Gasteiger partial charge in [0.05, 0.1) is 31.3 Å². The van der Waals surface area contributed by atoms with Crippen LogP contribution in [0, 0.1) is 11.3 Å². The van der Waals surface area contributed by atoms with Gasteiger partial charge in [0, 0.05) is 26.3 Å². The third-order valence-electron chi connectivity index (χ3n) is 4.52. The van der Waals surface area contributed by atoms with Crippen molar-refractivity contribution in [3.8, 4) is 0 Å². The predicted molar refractivity (Wildman–Crippen MR) is 87.3 cm³/mol. The molecular weight excluding hydrogens is 344 g/mol. The molecule has 8 nitrogen and oxygen atoms in total. The smallest absolute Gasteiger partial charge is 0.338 e. The highest BCUT2D eigenvalue weighted by Gasteiger charge is 2.61. The first-order valence-electron chi connectivity index (χ1n) is 8.01. The van der Waals surface area contributed by atoms with E-state index in [9.17, 15) is 19.2 Å². The summed E-state index contributed by atoms with van der Waals surface area (Å²) < 4.78 is 20.5. The quantitative estimate of drug-likeness (QED) is 0.544. The number of ether oxygens (including phenoxy) is 4. The molecule has 8 heteroatoms. The number of esters is 4. The summed E-state index contributed by atoms with van der Waals surface area (Å²) in [6.07, 6.45) is 1.62. The fourth-order valence-electron chi connectivity index (χ4n) is 3.94. The van der Waals surface area contributed by atoms with Crippen molar-refractivity contribution in [3.05, 3.63) is 23.0 Å². The van der Waals surface area contributed by atoms with Gasteiger partial charge in [-0.2, -0.15) is 0 Å². The van der Waals surface area contributed by atoms with E-state index in [1.165, 1.54) is 27.0 Å². The molecule has 3 aliphatic carbocycles. The van der Waals surface area contributed by atoms with E-state index in [1.807, 2.05) is 13.8 Å². The van der Waals surface area contributed by atoms with Gasteiger partial charge in [-0.3, -0.25) is 9.59 Å². The number of rotatable bonds is 4.